The van der Waals surface area contributed by atoms with Crippen LogP contribution in [0.3, 0.4) is 0 Å². The van der Waals surface area contributed by atoms with E-state index in [4.69, 9.17) is 17.3 Å². The Labute approximate surface area is 103 Å². The predicted octanol–water partition coefficient (Wildman–Crippen LogP) is 0.991. The van der Waals surface area contributed by atoms with Gasteiger partial charge in [-0.05, 0) is 19.0 Å². The zero-order chi connectivity index (χ0) is 13.0. The molecule has 0 radical (unpaired) electrons. The molecule has 17 heavy (non-hydrogen) atoms. The summed E-state index contributed by atoms with van der Waals surface area (Å²) in [7, 11) is 0. The fourth-order valence-electron chi connectivity index (χ4n) is 1.41. The second-order valence-electron chi connectivity index (χ2n) is 3.55. The lowest BCUT2D eigenvalue weighted by molar-refractivity contribution is -0.384. The molecule has 94 valence electrons. The van der Waals surface area contributed by atoms with E-state index in [-0.39, 0.29) is 29.2 Å². The first-order valence-corrected chi connectivity index (χ1v) is 5.35. The van der Waals surface area contributed by atoms with E-state index >= 15 is 0 Å². The molecule has 1 aromatic rings. The van der Waals surface area contributed by atoms with Crippen molar-refractivity contribution in [3.63, 3.8) is 0 Å². The van der Waals surface area contributed by atoms with E-state index in [2.05, 4.69) is 0 Å². The van der Waals surface area contributed by atoms with E-state index in [1.54, 1.807) is 0 Å². The average Bonchev–Trinajstić information content (AvgIpc) is 2.28. The summed E-state index contributed by atoms with van der Waals surface area (Å²) in [4.78, 5) is 9.90. The zero-order valence-corrected chi connectivity index (χ0v) is 9.67. The third-order valence-electron chi connectivity index (χ3n) is 2.34. The predicted molar refractivity (Wildman–Crippen MR) is 62.7 cm³/mol. The van der Waals surface area contributed by atoms with Gasteiger partial charge in [0.15, 0.2) is 0 Å². The lowest BCUT2D eigenvalue weighted by atomic mass is 10.0. The van der Waals surface area contributed by atoms with Gasteiger partial charge in [0.25, 0.3) is 5.69 Å². The largest absolute Gasteiger partial charge is 0.390 e. The van der Waals surface area contributed by atoms with Crippen LogP contribution in [0.15, 0.2) is 18.2 Å². The van der Waals surface area contributed by atoms with Crippen molar-refractivity contribution in [2.45, 2.75) is 18.6 Å². The van der Waals surface area contributed by atoms with Crippen LogP contribution in [0.4, 0.5) is 5.69 Å². The molecule has 0 saturated carbocycles. The summed E-state index contributed by atoms with van der Waals surface area (Å²) in [6, 6.07) is 3.68. The first-order chi connectivity index (χ1) is 7.97. The van der Waals surface area contributed by atoms with Gasteiger partial charge in [-0.3, -0.25) is 10.1 Å². The number of hydrogen-bond donors (Lipinski definition) is 3. The van der Waals surface area contributed by atoms with Crippen molar-refractivity contribution in [2.24, 2.45) is 5.73 Å². The number of non-ortho nitro benzene ring substituents is 1. The number of benzene rings is 1. The number of nitrogens with two attached hydrogens (primary N) is 1. The molecule has 0 aromatic heterocycles. The van der Waals surface area contributed by atoms with Crippen LogP contribution in [0, 0.1) is 10.1 Å². The Kier molecular flexibility index (Phi) is 4.83. The topological polar surface area (TPSA) is 110 Å². The number of aliphatic hydroxyl groups is 2. The highest BCUT2D eigenvalue weighted by Gasteiger charge is 2.21. The van der Waals surface area contributed by atoms with Crippen molar-refractivity contribution in [1.29, 1.82) is 0 Å². The lowest BCUT2D eigenvalue weighted by Crippen LogP contribution is -2.22. The number of hydrogen-bond acceptors (Lipinski definition) is 5. The normalized spacial score (nSPS) is 14.4. The molecule has 0 spiro atoms. The molecule has 0 amide bonds. The van der Waals surface area contributed by atoms with Gasteiger partial charge in [0, 0.05) is 17.7 Å². The minimum absolute atomic E-state index is 0.0442. The molecule has 1 aromatic carbocycles. The minimum Gasteiger partial charge on any atom is -0.390 e. The summed E-state index contributed by atoms with van der Waals surface area (Å²) in [6.45, 7) is 0.225. The summed E-state index contributed by atoms with van der Waals surface area (Å²) in [5.41, 5.74) is 5.33. The number of nitro groups is 1. The summed E-state index contributed by atoms with van der Waals surface area (Å²) in [5, 5.41) is 29.9. The number of rotatable bonds is 5. The van der Waals surface area contributed by atoms with Gasteiger partial charge in [0.05, 0.1) is 16.0 Å². The molecule has 0 bridgehead atoms. The summed E-state index contributed by atoms with van der Waals surface area (Å²) in [5.74, 6) is 0. The van der Waals surface area contributed by atoms with Crippen LogP contribution in [0.2, 0.25) is 5.02 Å². The van der Waals surface area contributed by atoms with E-state index in [0.717, 1.165) is 6.07 Å². The summed E-state index contributed by atoms with van der Waals surface area (Å²) >= 11 is 5.81. The Morgan fingerprint density at radius 1 is 1.47 bits per heavy atom. The molecule has 0 saturated heterocycles. The molecular weight excluding hydrogens is 248 g/mol. The maximum Gasteiger partial charge on any atom is 0.270 e. The van der Waals surface area contributed by atoms with E-state index < -0.39 is 17.1 Å². The second-order valence-corrected chi connectivity index (χ2v) is 3.96. The Hall–Kier alpha value is -1.21. The molecule has 0 aliphatic rings. The monoisotopic (exact) mass is 260 g/mol. The van der Waals surface area contributed by atoms with Crippen LogP contribution in [0.1, 0.15) is 18.1 Å². The van der Waals surface area contributed by atoms with Gasteiger partial charge in [-0.25, -0.2) is 0 Å². The van der Waals surface area contributed by atoms with Crippen LogP contribution in [0.5, 0.6) is 0 Å². The first-order valence-electron chi connectivity index (χ1n) is 4.97. The van der Waals surface area contributed by atoms with Crippen molar-refractivity contribution in [2.75, 3.05) is 6.54 Å². The highest BCUT2D eigenvalue weighted by molar-refractivity contribution is 6.31. The van der Waals surface area contributed by atoms with Gasteiger partial charge in [0.1, 0.15) is 6.10 Å². The highest BCUT2D eigenvalue weighted by Crippen LogP contribution is 2.29. The third-order valence-corrected chi connectivity index (χ3v) is 2.67. The van der Waals surface area contributed by atoms with Crippen LogP contribution in [-0.2, 0) is 0 Å². The Morgan fingerprint density at radius 3 is 2.59 bits per heavy atom. The van der Waals surface area contributed by atoms with Gasteiger partial charge in [-0.2, -0.15) is 0 Å². The second kappa shape index (κ2) is 5.92. The van der Waals surface area contributed by atoms with E-state index in [9.17, 15) is 20.3 Å². The van der Waals surface area contributed by atoms with Crippen molar-refractivity contribution in [3.8, 4) is 0 Å². The van der Waals surface area contributed by atoms with Crippen molar-refractivity contribution < 1.29 is 15.1 Å². The van der Waals surface area contributed by atoms with Gasteiger partial charge in [-0.1, -0.05) is 11.6 Å². The van der Waals surface area contributed by atoms with Gasteiger partial charge >= 0.3 is 0 Å². The highest BCUT2D eigenvalue weighted by atomic mass is 35.5. The third kappa shape index (κ3) is 3.37. The Balaban J connectivity index is 2.95. The van der Waals surface area contributed by atoms with Crippen LogP contribution in [-0.4, -0.2) is 27.8 Å². The molecule has 0 aliphatic carbocycles. The Morgan fingerprint density at radius 2 is 2.12 bits per heavy atom. The van der Waals surface area contributed by atoms with Crippen molar-refractivity contribution in [1.82, 2.24) is 0 Å². The lowest BCUT2D eigenvalue weighted by Gasteiger charge is -2.18. The molecule has 2 atom stereocenters. The van der Waals surface area contributed by atoms with Crippen LogP contribution in [0.25, 0.3) is 0 Å². The molecule has 0 heterocycles. The number of halogens is 1. The zero-order valence-electron chi connectivity index (χ0n) is 8.91. The SMILES string of the molecule is NCCC(O)C(O)c1ccc([N+](=O)[O-])cc1Cl. The van der Waals surface area contributed by atoms with Crippen molar-refractivity contribution >= 4 is 17.3 Å². The fourth-order valence-corrected chi connectivity index (χ4v) is 1.69. The van der Waals surface area contributed by atoms with Gasteiger partial charge in [0.2, 0.25) is 0 Å². The van der Waals surface area contributed by atoms with Gasteiger partial charge < -0.3 is 15.9 Å². The molecular formula is C10H13ClN2O4. The Bertz CT molecular complexity index is 413. The van der Waals surface area contributed by atoms with E-state index in [0.29, 0.717) is 0 Å². The number of aliphatic hydroxyl groups excluding tert-OH is 2. The molecule has 6 nitrogen and oxygen atoms in total. The molecule has 2 unspecified atom stereocenters. The summed E-state index contributed by atoms with van der Waals surface area (Å²) < 4.78 is 0. The quantitative estimate of drug-likeness (QED) is 0.540. The molecule has 0 aliphatic heterocycles. The minimum atomic E-state index is -1.20. The number of nitro benzene ring substituents is 1. The summed E-state index contributed by atoms with van der Waals surface area (Å²) in [6.07, 6.45) is -2.03. The molecule has 1 rings (SSSR count). The molecule has 7 heteroatoms. The maximum absolute atomic E-state index is 10.5. The van der Waals surface area contributed by atoms with Crippen LogP contribution < -0.4 is 5.73 Å². The molecule has 0 fully saturated rings. The maximum atomic E-state index is 10.5. The van der Waals surface area contributed by atoms with E-state index in [1.807, 2.05) is 0 Å². The smallest absolute Gasteiger partial charge is 0.270 e. The van der Waals surface area contributed by atoms with Crippen molar-refractivity contribution in [3.05, 3.63) is 38.9 Å². The van der Waals surface area contributed by atoms with Gasteiger partial charge in [-0.15, -0.1) is 0 Å². The molecule has 4 N–H and O–H groups in total. The average molecular weight is 261 g/mol. The number of nitrogens with zero attached hydrogens (tertiary/aromatic N) is 1. The van der Waals surface area contributed by atoms with Crippen LogP contribution >= 0.6 is 11.6 Å². The standard InChI is InChI=1S/C10H13ClN2O4/c11-8-5-6(13(16)17)1-2-7(8)10(15)9(14)3-4-12/h1-2,5,9-10,14-15H,3-4,12H2. The van der Waals surface area contributed by atoms with E-state index in [1.165, 1.54) is 12.1 Å². The first kappa shape index (κ1) is 13.9. The fraction of sp³-hybridized carbons (Fsp3) is 0.400.